The van der Waals surface area contributed by atoms with Crippen molar-refractivity contribution in [3.8, 4) is 22.6 Å². The van der Waals surface area contributed by atoms with Crippen molar-refractivity contribution in [3.05, 3.63) is 116 Å². The van der Waals surface area contributed by atoms with Gasteiger partial charge in [0.25, 0.3) is 5.56 Å². The topological polar surface area (TPSA) is 101 Å². The molecule has 1 aliphatic carbocycles. The molecule has 7 rings (SSSR count). The lowest BCUT2D eigenvalue weighted by Crippen LogP contribution is -2.49. The number of pyridine rings is 1. The normalized spacial score (nSPS) is 19.5. The number of nitrogens with zero attached hydrogens (tertiary/aromatic N) is 2. The van der Waals surface area contributed by atoms with E-state index in [2.05, 4.69) is 5.32 Å². The van der Waals surface area contributed by atoms with E-state index in [1.807, 2.05) is 13.0 Å². The summed E-state index contributed by atoms with van der Waals surface area (Å²) in [4.78, 5) is 41.9. The van der Waals surface area contributed by atoms with Crippen LogP contribution in [0.3, 0.4) is 0 Å². The number of ether oxygens (including phenoxy) is 1. The summed E-state index contributed by atoms with van der Waals surface area (Å²) < 4.78 is 79.8. The molecule has 1 aromatic heterocycles. The Labute approximate surface area is 289 Å². The average molecular weight is 708 g/mol. The summed E-state index contributed by atoms with van der Waals surface area (Å²) in [7, 11) is 0. The second kappa shape index (κ2) is 13.3. The van der Waals surface area contributed by atoms with Crippen LogP contribution in [-0.2, 0) is 22.2 Å². The number of hydrogen-bond donors (Lipinski definition) is 2. The highest BCUT2D eigenvalue weighted by Crippen LogP contribution is 2.46. The SMILES string of the molecule is Cc1cccc2c1-c1cc(C3CC3)c(F)c(c1)[C@H](CC(=O)O)NC(=O)[C@@H](n1cc(CCN3CC(F)C3)c(C(F)(F)F)cc1=O)c1cccc(c1)O2. The van der Waals surface area contributed by atoms with Gasteiger partial charge in [0.15, 0.2) is 0 Å². The third kappa shape index (κ3) is 6.99. The Morgan fingerprint density at radius 1 is 1.02 bits per heavy atom. The van der Waals surface area contributed by atoms with E-state index < -0.39 is 59.7 Å². The summed E-state index contributed by atoms with van der Waals surface area (Å²) in [5.41, 5.74) is -0.182. The van der Waals surface area contributed by atoms with Gasteiger partial charge in [-0.15, -0.1) is 0 Å². The van der Waals surface area contributed by atoms with Crippen molar-refractivity contribution in [2.24, 2.45) is 0 Å². The van der Waals surface area contributed by atoms with E-state index in [4.69, 9.17) is 4.74 Å². The molecule has 8 nitrogen and oxygen atoms in total. The van der Waals surface area contributed by atoms with Gasteiger partial charge in [-0.3, -0.25) is 23.9 Å². The minimum atomic E-state index is -4.90. The van der Waals surface area contributed by atoms with Crippen molar-refractivity contribution in [2.45, 2.75) is 63.0 Å². The molecule has 0 spiro atoms. The zero-order valence-corrected chi connectivity index (χ0v) is 27.5. The third-order valence-electron chi connectivity index (χ3n) is 9.75. The van der Waals surface area contributed by atoms with E-state index in [9.17, 15) is 37.1 Å². The molecule has 4 bridgehead atoms. The number of nitrogens with one attached hydrogen (secondary N) is 1. The molecule has 2 N–H and O–H groups in total. The predicted octanol–water partition coefficient (Wildman–Crippen LogP) is 7.08. The Balaban J connectivity index is 1.42. The first-order chi connectivity index (χ1) is 24.3. The maximum atomic E-state index is 16.4. The van der Waals surface area contributed by atoms with E-state index in [-0.39, 0.29) is 54.4 Å². The summed E-state index contributed by atoms with van der Waals surface area (Å²) in [5.74, 6) is -2.40. The number of rotatable bonds is 7. The Bertz CT molecular complexity index is 2090. The number of carbonyl (C=O) groups excluding carboxylic acids is 1. The Kier molecular flexibility index (Phi) is 8.94. The number of alkyl halides is 4. The number of hydrogen-bond acceptors (Lipinski definition) is 5. The van der Waals surface area contributed by atoms with E-state index in [0.717, 1.165) is 29.2 Å². The van der Waals surface area contributed by atoms with Gasteiger partial charge >= 0.3 is 12.1 Å². The second-order valence-electron chi connectivity index (χ2n) is 13.5. The fraction of sp³-hybridized carbons (Fsp3) is 0.342. The zero-order chi connectivity index (χ0) is 36.2. The molecular weight excluding hydrogens is 673 g/mol. The number of aromatic nitrogens is 1. The Morgan fingerprint density at radius 3 is 2.43 bits per heavy atom. The summed E-state index contributed by atoms with van der Waals surface area (Å²) >= 11 is 0. The van der Waals surface area contributed by atoms with Crippen LogP contribution in [0.5, 0.6) is 11.5 Å². The van der Waals surface area contributed by atoms with Crippen LogP contribution >= 0.6 is 0 Å². The standard InChI is InChI=1S/C38H34F5N3O5/c1-20-4-2-7-31-34(20)24-13-27(21-8-9-21)35(40)28(14-24)30(16-33(48)49)44-37(50)36(22-5-3-6-26(12-22)51-31)46-17-23(10-11-45-18-25(39)19-45)29(15-32(46)47)38(41,42)43/h2-7,12-15,17,21,25,30,36H,8-11,16,18-19H2,1H3,(H,44,50)(H,48,49)/t30-,36-/m0/s1. The number of halogens is 5. The lowest BCUT2D eigenvalue weighted by atomic mass is 9.90. The Morgan fingerprint density at radius 2 is 1.75 bits per heavy atom. The molecule has 1 saturated heterocycles. The monoisotopic (exact) mass is 707 g/mol. The van der Waals surface area contributed by atoms with Crippen LogP contribution in [0.4, 0.5) is 22.0 Å². The van der Waals surface area contributed by atoms with Crippen molar-refractivity contribution < 1.29 is 41.4 Å². The minimum absolute atomic E-state index is 0.0760. The van der Waals surface area contributed by atoms with Crippen molar-refractivity contribution in [3.63, 3.8) is 0 Å². The van der Waals surface area contributed by atoms with Crippen molar-refractivity contribution in [1.82, 2.24) is 14.8 Å². The first kappa shape index (κ1) is 34.4. The molecule has 13 heteroatoms. The van der Waals surface area contributed by atoms with Crippen LogP contribution in [0.25, 0.3) is 11.1 Å². The van der Waals surface area contributed by atoms with Crippen LogP contribution in [0.15, 0.2) is 71.7 Å². The van der Waals surface area contributed by atoms with Gasteiger partial charge in [-0.1, -0.05) is 24.3 Å². The van der Waals surface area contributed by atoms with Gasteiger partial charge < -0.3 is 15.2 Å². The molecule has 0 unspecified atom stereocenters. The molecule has 2 aliphatic heterocycles. The molecule has 3 heterocycles. The molecule has 3 aromatic carbocycles. The number of carbonyl (C=O) groups is 2. The van der Waals surface area contributed by atoms with Gasteiger partial charge in [0.1, 0.15) is 29.5 Å². The van der Waals surface area contributed by atoms with Gasteiger partial charge in [-0.05, 0) is 90.3 Å². The van der Waals surface area contributed by atoms with E-state index in [0.29, 0.717) is 28.5 Å². The third-order valence-corrected chi connectivity index (χ3v) is 9.75. The maximum Gasteiger partial charge on any atom is 0.416 e. The summed E-state index contributed by atoms with van der Waals surface area (Å²) in [6.45, 7) is 2.09. The van der Waals surface area contributed by atoms with Gasteiger partial charge in [0.2, 0.25) is 5.91 Å². The van der Waals surface area contributed by atoms with Crippen LogP contribution in [0.2, 0.25) is 0 Å². The zero-order valence-electron chi connectivity index (χ0n) is 27.5. The van der Waals surface area contributed by atoms with E-state index in [1.54, 1.807) is 35.2 Å². The van der Waals surface area contributed by atoms with E-state index in [1.165, 1.54) is 18.2 Å². The lowest BCUT2D eigenvalue weighted by Gasteiger charge is -2.34. The van der Waals surface area contributed by atoms with Crippen molar-refractivity contribution >= 4 is 11.9 Å². The first-order valence-corrected chi connectivity index (χ1v) is 16.7. The van der Waals surface area contributed by atoms with Crippen molar-refractivity contribution in [1.29, 1.82) is 0 Å². The van der Waals surface area contributed by atoms with Crippen LogP contribution < -0.4 is 15.6 Å². The number of benzene rings is 3. The molecule has 0 radical (unpaired) electrons. The van der Waals surface area contributed by atoms with Crippen molar-refractivity contribution in [2.75, 3.05) is 19.6 Å². The first-order valence-electron chi connectivity index (χ1n) is 16.7. The number of carboxylic acid groups (broad SMARTS) is 1. The van der Waals surface area contributed by atoms with Gasteiger partial charge in [0, 0.05) is 43.0 Å². The summed E-state index contributed by atoms with van der Waals surface area (Å²) in [6, 6.07) is 12.1. The summed E-state index contributed by atoms with van der Waals surface area (Å²) in [5, 5.41) is 12.6. The van der Waals surface area contributed by atoms with Gasteiger partial charge in [-0.25, -0.2) is 8.78 Å². The maximum absolute atomic E-state index is 16.4. The lowest BCUT2D eigenvalue weighted by molar-refractivity contribution is -0.139. The van der Waals surface area contributed by atoms with Gasteiger partial charge in [0.05, 0.1) is 18.0 Å². The quantitative estimate of drug-likeness (QED) is 0.199. The minimum Gasteiger partial charge on any atom is -0.481 e. The largest absolute Gasteiger partial charge is 0.481 e. The molecule has 266 valence electrons. The number of likely N-dealkylation sites (tertiary alicyclic amines) is 1. The molecule has 2 atom stereocenters. The molecule has 2 fully saturated rings. The molecule has 3 aliphatic rings. The van der Waals surface area contributed by atoms with Crippen LogP contribution in [0.1, 0.15) is 70.6 Å². The number of carboxylic acids is 1. The van der Waals surface area contributed by atoms with E-state index >= 15 is 4.39 Å². The van der Waals surface area contributed by atoms with Crippen LogP contribution in [-0.4, -0.2) is 52.3 Å². The molecule has 1 amide bonds. The number of aryl methyl sites for hydroxylation is 1. The number of fused-ring (bicyclic) bond motifs is 6. The average Bonchev–Trinajstić information content (AvgIpc) is 3.89. The highest BCUT2D eigenvalue weighted by Gasteiger charge is 2.38. The van der Waals surface area contributed by atoms with Gasteiger partial charge in [-0.2, -0.15) is 13.2 Å². The highest BCUT2D eigenvalue weighted by molar-refractivity contribution is 5.85. The van der Waals surface area contributed by atoms with Crippen LogP contribution in [0, 0.1) is 12.7 Å². The number of aliphatic carboxylic acids is 1. The fourth-order valence-electron chi connectivity index (χ4n) is 7.06. The molecular formula is C38H34F5N3O5. The highest BCUT2D eigenvalue weighted by atomic mass is 19.4. The smallest absolute Gasteiger partial charge is 0.416 e. The predicted molar refractivity (Wildman–Crippen MR) is 177 cm³/mol. The number of amides is 1. The molecule has 4 aromatic rings. The Hall–Kier alpha value is -5.04. The molecule has 1 saturated carbocycles. The summed E-state index contributed by atoms with van der Waals surface area (Å²) in [6.07, 6.45) is -4.45. The fourth-order valence-corrected chi connectivity index (χ4v) is 7.06. The molecule has 51 heavy (non-hydrogen) atoms. The second-order valence-corrected chi connectivity index (χ2v) is 13.5.